The Hall–Kier alpha value is -6.82. The molecule has 0 bridgehead atoms. The third-order valence-electron chi connectivity index (χ3n) is 16.6. The van der Waals surface area contributed by atoms with Crippen LogP contribution in [0.5, 0.6) is 0 Å². The van der Waals surface area contributed by atoms with Crippen molar-refractivity contribution in [3.05, 3.63) is 75.6 Å². The quantitative estimate of drug-likeness (QED) is 0.0127. The number of rotatable bonds is 46. The molecule has 25 nitrogen and oxygen atoms in total. The maximum atomic E-state index is 13.5. The number of esters is 6. The monoisotopic (exact) mass is 1410 g/mol. The topological polar surface area (TPSA) is 310 Å². The van der Waals surface area contributed by atoms with E-state index in [4.69, 9.17) is 61.0 Å². The maximum absolute atomic E-state index is 13.5. The lowest BCUT2D eigenvalue weighted by molar-refractivity contribution is -0.160. The Morgan fingerprint density at radius 3 is 1.39 bits per heavy atom. The zero-order valence-corrected chi connectivity index (χ0v) is 62.3. The Morgan fingerprint density at radius 1 is 0.536 bits per heavy atom. The Labute approximate surface area is 577 Å². The summed E-state index contributed by atoms with van der Waals surface area (Å²) < 4.78 is 73.8. The average molecular weight is 1410 g/mol. The summed E-state index contributed by atoms with van der Waals surface area (Å²) in [4.78, 5) is 113. The molecule has 0 saturated heterocycles. The Bertz CT molecular complexity index is 2600. The van der Waals surface area contributed by atoms with Gasteiger partial charge < -0.3 is 76.9 Å². The molecule has 6 atom stereocenters. The maximum Gasteiger partial charge on any atom is 0.407 e. The smallest absolute Gasteiger partial charge is 0.407 e. The number of hydrogen-bond donors (Lipinski definition) is 3. The van der Waals surface area contributed by atoms with E-state index in [9.17, 15) is 43.2 Å². The number of carbonyl (C=O) groups is 9. The van der Waals surface area contributed by atoms with E-state index in [2.05, 4.69) is 116 Å². The van der Waals surface area contributed by atoms with E-state index in [1.807, 2.05) is 20.8 Å². The standard InChI is InChI=1S/C70H115N3O22Si2/c1-20-51(7)85-43-69(44-86-56(74)21-2,45-87-57(75)22-3)49-91-63(81)72-55-36-66(12,13)41-67(14,37-55)29-28-61(79)93-52(8)39-83-30-26-32-96(16,17)95-97(18,19)33-27-31-84-40-53(9)94-62(80)71-38-54-34-65(10,11)42-68(15,35-54)73-64(82)92-50-70(46-88-58(76)23-4,47-89-59(77)24-5)48-90-60(78)25-6/h21-25,52-55H,2-7,20,26-50H2,1,8-19H3,(H,71,80)(H,72,81)(H,73,82). The van der Waals surface area contributed by atoms with Crippen LogP contribution in [0.1, 0.15) is 133 Å². The van der Waals surface area contributed by atoms with Crippen LogP contribution in [0.15, 0.2) is 75.6 Å². The average Bonchev–Trinajstić information content (AvgIpc) is 0.805. The highest BCUT2D eigenvalue weighted by molar-refractivity contribution is 6.84. The van der Waals surface area contributed by atoms with E-state index in [1.54, 1.807) is 6.92 Å². The highest BCUT2D eigenvalue weighted by atomic mass is 28.4. The number of carbonyl (C=O) groups excluding carboxylic acids is 9. The molecule has 3 amide bonds. The number of allylic oxidation sites excluding steroid dienone is 1. The second kappa shape index (κ2) is 40.9. The van der Waals surface area contributed by atoms with E-state index in [-0.39, 0.29) is 86.8 Å². The molecule has 2 saturated carbocycles. The zero-order valence-electron chi connectivity index (χ0n) is 60.3. The van der Waals surface area contributed by atoms with E-state index in [0.29, 0.717) is 57.5 Å². The van der Waals surface area contributed by atoms with Crippen molar-refractivity contribution >= 4 is 70.7 Å². The molecular weight excluding hydrogens is 1290 g/mol. The molecule has 3 N–H and O–H groups in total. The first kappa shape index (κ1) is 86.3. The summed E-state index contributed by atoms with van der Waals surface area (Å²) in [5.41, 5.74) is -4.32. The second-order valence-corrected chi connectivity index (χ2v) is 38.3. The molecule has 6 unspecified atom stereocenters. The third kappa shape index (κ3) is 36.0. The van der Waals surface area contributed by atoms with E-state index in [0.717, 1.165) is 68.2 Å². The molecule has 97 heavy (non-hydrogen) atoms. The predicted octanol–water partition coefficient (Wildman–Crippen LogP) is 11.2. The van der Waals surface area contributed by atoms with Crippen molar-refractivity contribution < 1.29 is 104 Å². The largest absolute Gasteiger partial charge is 0.498 e. The summed E-state index contributed by atoms with van der Waals surface area (Å²) >= 11 is 0. The van der Waals surface area contributed by atoms with Gasteiger partial charge in [-0.25, -0.2) is 38.4 Å². The lowest BCUT2D eigenvalue weighted by Crippen LogP contribution is -2.55. The van der Waals surface area contributed by atoms with Crippen LogP contribution in [0, 0.1) is 33.0 Å². The SMILES string of the molecule is C=CC(=O)OCC(COC(=C)CC)(COC(=O)C=C)COC(=O)NC1CC(C)(C)CC(C)(CCC(=O)OC(C)COCCC[Si](C)(C)O[Si](C)(C)CCCOCC(C)OC(=O)NCC2CC(C)(C)CC(C)(NC(=O)OCC(COC(=O)C=C)(COC(=O)C=C)COC(=O)C=C)C2)C1. The summed E-state index contributed by atoms with van der Waals surface area (Å²) in [6.45, 7) is 46.3. The van der Waals surface area contributed by atoms with Crippen molar-refractivity contribution in [1.82, 2.24) is 16.0 Å². The number of amides is 3. The van der Waals surface area contributed by atoms with Crippen LogP contribution in [0.4, 0.5) is 14.4 Å². The first-order chi connectivity index (χ1) is 45.2. The van der Waals surface area contributed by atoms with Gasteiger partial charge >= 0.3 is 54.1 Å². The fourth-order valence-corrected chi connectivity index (χ4v) is 21.6. The van der Waals surface area contributed by atoms with E-state index < -0.39 is 120 Å². The summed E-state index contributed by atoms with van der Waals surface area (Å²) in [7, 11) is -4.14. The fraction of sp³-hybridized carbons (Fsp3) is 0.700. The normalized spacial score (nSPS) is 19.6. The van der Waals surface area contributed by atoms with E-state index in [1.165, 1.54) is 0 Å². The van der Waals surface area contributed by atoms with Crippen molar-refractivity contribution in [2.75, 3.05) is 85.8 Å². The van der Waals surface area contributed by atoms with Gasteiger partial charge in [0.2, 0.25) is 0 Å². The molecule has 2 aliphatic carbocycles. The first-order valence-electron chi connectivity index (χ1n) is 33.3. The lowest BCUT2D eigenvalue weighted by atomic mass is 9.61. The summed E-state index contributed by atoms with van der Waals surface area (Å²) in [6, 6.07) is 1.48. The van der Waals surface area contributed by atoms with Crippen molar-refractivity contribution in [3.63, 3.8) is 0 Å². The Balaban J connectivity index is 1.79. The first-order valence-corrected chi connectivity index (χ1v) is 39.6. The molecule has 0 aromatic heterocycles. The summed E-state index contributed by atoms with van der Waals surface area (Å²) in [5.74, 6) is -3.81. The number of alkyl carbamates (subject to hydrolysis) is 3. The molecule has 2 aliphatic rings. The minimum absolute atomic E-state index is 0.0566. The highest BCUT2D eigenvalue weighted by Gasteiger charge is 2.46. The molecule has 550 valence electrons. The highest BCUT2D eigenvalue weighted by Crippen LogP contribution is 2.49. The van der Waals surface area contributed by atoms with Gasteiger partial charge in [-0.05, 0) is 139 Å². The molecule has 0 aromatic carbocycles. The van der Waals surface area contributed by atoms with Gasteiger partial charge in [-0.3, -0.25) is 4.79 Å². The summed E-state index contributed by atoms with van der Waals surface area (Å²) in [6.07, 6.45) is 8.32. The van der Waals surface area contributed by atoms with Gasteiger partial charge in [0.1, 0.15) is 75.9 Å². The molecular formula is C70H115N3O22Si2. The lowest BCUT2D eigenvalue weighted by Gasteiger charge is -2.47. The minimum Gasteiger partial charge on any atom is -0.498 e. The molecule has 27 heteroatoms. The minimum atomic E-state index is -2.07. The Morgan fingerprint density at radius 2 is 0.948 bits per heavy atom. The number of hydrogen-bond acceptors (Lipinski definition) is 22. The molecule has 0 aliphatic heterocycles. The van der Waals surface area contributed by atoms with Crippen LogP contribution in [0.25, 0.3) is 0 Å². The van der Waals surface area contributed by atoms with Gasteiger partial charge in [-0.15, -0.1) is 0 Å². The van der Waals surface area contributed by atoms with E-state index >= 15 is 0 Å². The Kier molecular flexibility index (Phi) is 36.4. The number of ether oxygens (including phenoxy) is 12. The van der Waals surface area contributed by atoms with Crippen LogP contribution in [-0.2, 0) is 89.7 Å². The van der Waals surface area contributed by atoms with Crippen molar-refractivity contribution in [2.45, 2.75) is 195 Å². The number of nitrogens with one attached hydrogen (secondary N) is 3. The van der Waals surface area contributed by atoms with Crippen LogP contribution < -0.4 is 16.0 Å². The molecule has 0 aromatic rings. The van der Waals surface area contributed by atoms with Crippen molar-refractivity contribution in [2.24, 2.45) is 33.0 Å². The van der Waals surface area contributed by atoms with Crippen molar-refractivity contribution in [3.8, 4) is 0 Å². The molecule has 2 rings (SSSR count). The van der Waals surface area contributed by atoms with Gasteiger partial charge in [0, 0.05) is 74.6 Å². The third-order valence-corrected chi connectivity index (χ3v) is 24.1. The second-order valence-electron chi connectivity index (χ2n) is 29.5. The van der Waals surface area contributed by atoms with Gasteiger partial charge in [0.05, 0.1) is 19.0 Å². The summed E-state index contributed by atoms with van der Waals surface area (Å²) in [5, 5.41) is 8.86. The molecule has 0 radical (unpaired) electrons. The molecule has 2 fully saturated rings. The fourth-order valence-electron chi connectivity index (χ4n) is 12.8. The van der Waals surface area contributed by atoms with Crippen molar-refractivity contribution in [1.29, 1.82) is 0 Å². The van der Waals surface area contributed by atoms with Gasteiger partial charge in [-0.2, -0.15) is 0 Å². The van der Waals surface area contributed by atoms with Crippen LogP contribution in [-0.4, -0.2) is 180 Å². The zero-order chi connectivity index (χ0) is 73.3. The van der Waals surface area contributed by atoms with Crippen LogP contribution in [0.2, 0.25) is 38.3 Å². The predicted molar refractivity (Wildman–Crippen MR) is 369 cm³/mol. The molecule has 0 spiro atoms. The van der Waals surface area contributed by atoms with Gasteiger partial charge in [0.15, 0.2) is 16.6 Å². The van der Waals surface area contributed by atoms with Crippen LogP contribution in [0.3, 0.4) is 0 Å². The van der Waals surface area contributed by atoms with Gasteiger partial charge in [-0.1, -0.05) is 81.0 Å². The molecule has 0 heterocycles. The van der Waals surface area contributed by atoms with Crippen LogP contribution >= 0.6 is 0 Å². The van der Waals surface area contributed by atoms with Gasteiger partial charge in [0.25, 0.3) is 0 Å².